The molecule has 5 nitrogen and oxygen atoms in total. The smallest absolute Gasteiger partial charge is 0.273 e. The van der Waals surface area contributed by atoms with Crippen molar-refractivity contribution >= 4 is 11.6 Å². The van der Waals surface area contributed by atoms with Crippen LogP contribution in [0.25, 0.3) is 0 Å². The molecule has 1 aliphatic rings. The third-order valence-electron chi connectivity index (χ3n) is 2.21. The average Bonchev–Trinajstić information content (AvgIpc) is 2.26. The maximum absolute atomic E-state index is 11.1. The van der Waals surface area contributed by atoms with E-state index in [2.05, 4.69) is 9.97 Å². The average molecular weight is 231 g/mol. The van der Waals surface area contributed by atoms with Crippen molar-refractivity contribution in [2.45, 2.75) is 18.9 Å². The summed E-state index contributed by atoms with van der Waals surface area (Å²) in [6.45, 7) is 1.34. The summed E-state index contributed by atoms with van der Waals surface area (Å²) < 4.78 is 10.7. The molecule has 82 valence electrons. The van der Waals surface area contributed by atoms with Crippen LogP contribution in [-0.4, -0.2) is 29.3 Å². The zero-order valence-electron chi connectivity index (χ0n) is 8.03. The van der Waals surface area contributed by atoms with Gasteiger partial charge in [0.1, 0.15) is 6.10 Å². The van der Waals surface area contributed by atoms with Gasteiger partial charge in [-0.1, -0.05) is 11.6 Å². The monoisotopic (exact) mass is 230 g/mol. The maximum atomic E-state index is 11.1. The number of nitrogens with zero attached hydrogens (tertiary/aromatic N) is 1. The van der Waals surface area contributed by atoms with Crippen molar-refractivity contribution in [3.05, 3.63) is 21.7 Å². The molecule has 1 aromatic heterocycles. The number of rotatable bonds is 2. The van der Waals surface area contributed by atoms with E-state index in [9.17, 15) is 4.79 Å². The number of aromatic amines is 1. The molecule has 1 N–H and O–H groups in total. The molecular formula is C9H11ClN2O3. The van der Waals surface area contributed by atoms with Crippen molar-refractivity contribution in [2.75, 3.05) is 13.2 Å². The van der Waals surface area contributed by atoms with Crippen LogP contribution in [-0.2, 0) is 4.74 Å². The van der Waals surface area contributed by atoms with E-state index in [1.807, 2.05) is 0 Å². The van der Waals surface area contributed by atoms with E-state index in [1.54, 1.807) is 0 Å². The lowest BCUT2D eigenvalue weighted by Gasteiger charge is -2.22. The predicted molar refractivity (Wildman–Crippen MR) is 54.3 cm³/mol. The molecule has 1 fully saturated rings. The van der Waals surface area contributed by atoms with Gasteiger partial charge in [0.2, 0.25) is 5.88 Å². The van der Waals surface area contributed by atoms with Gasteiger partial charge in [-0.15, -0.1) is 0 Å². The molecule has 0 saturated carbocycles. The minimum atomic E-state index is -0.381. The quantitative estimate of drug-likeness (QED) is 0.823. The Morgan fingerprint density at radius 3 is 3.00 bits per heavy atom. The molecule has 6 heteroatoms. The van der Waals surface area contributed by atoms with Gasteiger partial charge in [0.25, 0.3) is 5.56 Å². The van der Waals surface area contributed by atoms with Gasteiger partial charge in [-0.3, -0.25) is 4.79 Å². The van der Waals surface area contributed by atoms with E-state index in [-0.39, 0.29) is 22.6 Å². The van der Waals surface area contributed by atoms with Gasteiger partial charge >= 0.3 is 0 Å². The van der Waals surface area contributed by atoms with Crippen molar-refractivity contribution < 1.29 is 9.47 Å². The van der Waals surface area contributed by atoms with Crippen LogP contribution in [0.3, 0.4) is 0 Å². The molecule has 0 amide bonds. The Balaban J connectivity index is 2.09. The van der Waals surface area contributed by atoms with Gasteiger partial charge in [-0.05, 0) is 0 Å². The normalized spacial score (nSPS) is 17.7. The van der Waals surface area contributed by atoms with Crippen LogP contribution < -0.4 is 10.3 Å². The molecular weight excluding hydrogens is 220 g/mol. The van der Waals surface area contributed by atoms with Crippen LogP contribution >= 0.6 is 11.6 Å². The molecule has 2 rings (SSSR count). The Labute approximate surface area is 91.4 Å². The number of nitrogens with one attached hydrogen (secondary N) is 1. The SMILES string of the molecule is O=c1[nH]cnc(OC2CCOCC2)c1Cl. The van der Waals surface area contributed by atoms with Crippen molar-refractivity contribution in [2.24, 2.45) is 0 Å². The third kappa shape index (κ3) is 2.49. The first-order valence-corrected chi connectivity index (χ1v) is 5.13. The Morgan fingerprint density at radius 2 is 2.27 bits per heavy atom. The van der Waals surface area contributed by atoms with Crippen molar-refractivity contribution in [1.29, 1.82) is 0 Å². The molecule has 15 heavy (non-hydrogen) atoms. The zero-order chi connectivity index (χ0) is 10.7. The summed E-state index contributed by atoms with van der Waals surface area (Å²) in [5.74, 6) is 0.201. The zero-order valence-corrected chi connectivity index (χ0v) is 8.79. The van der Waals surface area contributed by atoms with E-state index in [1.165, 1.54) is 6.33 Å². The number of hydrogen-bond acceptors (Lipinski definition) is 4. The number of aromatic nitrogens is 2. The Hall–Kier alpha value is -1.07. The molecule has 0 bridgehead atoms. The lowest BCUT2D eigenvalue weighted by Crippen LogP contribution is -2.27. The van der Waals surface area contributed by atoms with Gasteiger partial charge in [-0.2, -0.15) is 0 Å². The molecule has 0 aromatic carbocycles. The topological polar surface area (TPSA) is 64.2 Å². The van der Waals surface area contributed by atoms with Crippen LogP contribution in [0.5, 0.6) is 5.88 Å². The van der Waals surface area contributed by atoms with E-state index in [0.29, 0.717) is 13.2 Å². The van der Waals surface area contributed by atoms with Crippen LogP contribution in [0.4, 0.5) is 0 Å². The Kier molecular flexibility index (Phi) is 3.23. The first kappa shape index (κ1) is 10.4. The van der Waals surface area contributed by atoms with Crippen LogP contribution in [0, 0.1) is 0 Å². The van der Waals surface area contributed by atoms with E-state index < -0.39 is 0 Å². The van der Waals surface area contributed by atoms with Gasteiger partial charge < -0.3 is 14.5 Å². The Morgan fingerprint density at radius 1 is 1.53 bits per heavy atom. The van der Waals surface area contributed by atoms with E-state index in [0.717, 1.165) is 12.8 Å². The molecule has 0 atom stereocenters. The molecule has 0 aliphatic carbocycles. The highest BCUT2D eigenvalue weighted by Gasteiger charge is 2.18. The fourth-order valence-electron chi connectivity index (χ4n) is 1.40. The number of ether oxygens (including phenoxy) is 2. The number of H-pyrrole nitrogens is 1. The van der Waals surface area contributed by atoms with Crippen LogP contribution in [0.15, 0.2) is 11.1 Å². The lowest BCUT2D eigenvalue weighted by molar-refractivity contribution is 0.0237. The van der Waals surface area contributed by atoms with E-state index >= 15 is 0 Å². The summed E-state index contributed by atoms with van der Waals surface area (Å²) in [7, 11) is 0. The summed E-state index contributed by atoms with van der Waals surface area (Å²) in [6.07, 6.45) is 2.91. The first-order chi connectivity index (χ1) is 7.27. The summed E-state index contributed by atoms with van der Waals surface area (Å²) >= 11 is 5.75. The minimum absolute atomic E-state index is 0.00370. The molecule has 0 unspecified atom stereocenters. The van der Waals surface area contributed by atoms with Gasteiger partial charge in [0, 0.05) is 12.8 Å². The lowest BCUT2D eigenvalue weighted by atomic mass is 10.2. The van der Waals surface area contributed by atoms with Crippen molar-refractivity contribution in [1.82, 2.24) is 9.97 Å². The highest BCUT2D eigenvalue weighted by molar-refractivity contribution is 6.31. The van der Waals surface area contributed by atoms with Crippen LogP contribution in [0.2, 0.25) is 5.02 Å². The minimum Gasteiger partial charge on any atom is -0.473 e. The molecule has 0 spiro atoms. The molecule has 1 aliphatic heterocycles. The van der Waals surface area contributed by atoms with E-state index in [4.69, 9.17) is 21.1 Å². The van der Waals surface area contributed by atoms with Gasteiger partial charge in [0.15, 0.2) is 5.02 Å². The fraction of sp³-hybridized carbons (Fsp3) is 0.556. The number of hydrogen-bond donors (Lipinski definition) is 1. The fourth-order valence-corrected chi connectivity index (χ4v) is 1.55. The second-order valence-electron chi connectivity index (χ2n) is 3.28. The summed E-state index contributed by atoms with van der Waals surface area (Å²) in [5.41, 5.74) is -0.381. The maximum Gasteiger partial charge on any atom is 0.273 e. The second kappa shape index (κ2) is 4.63. The largest absolute Gasteiger partial charge is 0.473 e. The molecule has 1 saturated heterocycles. The second-order valence-corrected chi connectivity index (χ2v) is 3.66. The summed E-state index contributed by atoms with van der Waals surface area (Å²) in [5, 5.41) is 0.00370. The first-order valence-electron chi connectivity index (χ1n) is 4.75. The summed E-state index contributed by atoms with van der Waals surface area (Å²) in [6, 6.07) is 0. The van der Waals surface area contributed by atoms with Gasteiger partial charge in [0.05, 0.1) is 19.5 Å². The van der Waals surface area contributed by atoms with Gasteiger partial charge in [-0.25, -0.2) is 4.98 Å². The predicted octanol–water partition coefficient (Wildman–Crippen LogP) is 0.981. The van der Waals surface area contributed by atoms with Crippen LogP contribution in [0.1, 0.15) is 12.8 Å². The van der Waals surface area contributed by atoms with Crippen molar-refractivity contribution in [3.63, 3.8) is 0 Å². The highest BCUT2D eigenvalue weighted by atomic mass is 35.5. The highest BCUT2D eigenvalue weighted by Crippen LogP contribution is 2.20. The molecule has 1 aromatic rings. The summed E-state index contributed by atoms with van der Waals surface area (Å²) in [4.78, 5) is 17.4. The molecule has 0 radical (unpaired) electrons. The third-order valence-corrected chi connectivity index (χ3v) is 2.54. The number of halogens is 1. The van der Waals surface area contributed by atoms with Crippen molar-refractivity contribution in [3.8, 4) is 5.88 Å². The standard InChI is InChI=1S/C9H11ClN2O3/c10-7-8(13)11-5-12-9(7)15-6-1-3-14-4-2-6/h5-6H,1-4H2,(H,11,12,13). The Bertz CT molecular complexity index is 387. The molecule has 2 heterocycles.